The van der Waals surface area contributed by atoms with Crippen molar-refractivity contribution in [3.63, 3.8) is 0 Å². The highest BCUT2D eigenvalue weighted by molar-refractivity contribution is 5.85. The van der Waals surface area contributed by atoms with Crippen LogP contribution in [0.4, 0.5) is 0 Å². The van der Waals surface area contributed by atoms with E-state index >= 15 is 0 Å². The van der Waals surface area contributed by atoms with Gasteiger partial charge in [-0.2, -0.15) is 5.26 Å². The lowest BCUT2D eigenvalue weighted by atomic mass is 9.82. The summed E-state index contributed by atoms with van der Waals surface area (Å²) in [6.07, 6.45) is 1.17. The molecule has 0 aromatic rings. The Morgan fingerprint density at radius 3 is 2.13 bits per heavy atom. The molecule has 0 fully saturated rings. The summed E-state index contributed by atoms with van der Waals surface area (Å²) in [5, 5.41) is 9.13. The van der Waals surface area contributed by atoms with Crippen LogP contribution in [-0.2, 0) is 4.79 Å². The Bertz CT molecular complexity index is 249. The minimum absolute atomic E-state index is 0.0382. The fraction of sp³-hybridized carbons (Fsp3) is 0.833. The largest absolute Gasteiger partial charge is 0.344 e. The summed E-state index contributed by atoms with van der Waals surface area (Å²) in [5.74, 6) is 0.396. The van der Waals surface area contributed by atoms with Crippen molar-refractivity contribution in [2.24, 2.45) is 11.3 Å². The molecule has 1 amide bonds. The second kappa shape index (κ2) is 5.75. The van der Waals surface area contributed by atoms with Crippen LogP contribution >= 0.6 is 0 Å². The average molecular weight is 210 g/mol. The Kier molecular flexibility index (Phi) is 5.35. The third-order valence-corrected chi connectivity index (χ3v) is 2.82. The molecule has 0 rings (SSSR count). The maximum Gasteiger partial charge on any atom is 0.242 e. The number of carbonyl (C=O) groups is 1. The second-order valence-corrected chi connectivity index (χ2v) is 4.48. The van der Waals surface area contributed by atoms with Crippen molar-refractivity contribution >= 4 is 5.91 Å². The van der Waals surface area contributed by atoms with Gasteiger partial charge in [-0.15, -0.1) is 0 Å². The molecular formula is C12H22N2O. The molecule has 0 aromatic heterocycles. The van der Waals surface area contributed by atoms with E-state index in [1.165, 1.54) is 0 Å². The van der Waals surface area contributed by atoms with E-state index in [1.807, 2.05) is 13.8 Å². The van der Waals surface area contributed by atoms with Crippen LogP contribution in [0.25, 0.3) is 0 Å². The van der Waals surface area contributed by atoms with Crippen molar-refractivity contribution in [2.75, 3.05) is 13.6 Å². The number of hydrogen-bond donors (Lipinski definition) is 0. The quantitative estimate of drug-likeness (QED) is 0.699. The maximum absolute atomic E-state index is 12.1. The molecule has 0 unspecified atom stereocenters. The molecule has 0 heterocycles. The van der Waals surface area contributed by atoms with Gasteiger partial charge in [-0.1, -0.05) is 27.7 Å². The summed E-state index contributed by atoms with van der Waals surface area (Å²) in [7, 11) is 1.78. The summed E-state index contributed by atoms with van der Waals surface area (Å²) in [5.41, 5.74) is -0.816. The number of nitrogens with zero attached hydrogens (tertiary/aromatic N) is 2. The number of amides is 1. The third kappa shape index (κ3) is 3.23. The fourth-order valence-electron chi connectivity index (χ4n) is 1.75. The Hall–Kier alpha value is -1.04. The molecule has 0 radical (unpaired) electrons. The zero-order valence-corrected chi connectivity index (χ0v) is 10.5. The van der Waals surface area contributed by atoms with Crippen molar-refractivity contribution in [1.82, 2.24) is 4.90 Å². The van der Waals surface area contributed by atoms with Crippen molar-refractivity contribution in [1.29, 1.82) is 5.26 Å². The van der Waals surface area contributed by atoms with Crippen molar-refractivity contribution in [3.8, 4) is 6.07 Å². The van der Waals surface area contributed by atoms with Crippen LogP contribution in [0.15, 0.2) is 0 Å². The lowest BCUT2D eigenvalue weighted by molar-refractivity contribution is -0.138. The molecule has 0 atom stereocenters. The zero-order valence-electron chi connectivity index (χ0n) is 10.5. The molecule has 0 aromatic carbocycles. The molecular weight excluding hydrogens is 188 g/mol. The minimum Gasteiger partial charge on any atom is -0.344 e. The Balaban J connectivity index is 4.73. The number of rotatable bonds is 5. The number of hydrogen-bond acceptors (Lipinski definition) is 2. The predicted octanol–water partition coefficient (Wildman–Crippen LogP) is 2.43. The number of nitriles is 1. The molecule has 0 saturated heterocycles. The molecule has 0 saturated carbocycles. The first-order valence-electron chi connectivity index (χ1n) is 5.60. The molecule has 3 heteroatoms. The lowest BCUT2D eigenvalue weighted by Crippen LogP contribution is -2.42. The standard InChI is InChI=1S/C12H22N2O/c1-6-12(7-2,9-13)11(15)14(5)8-10(3)4/h10H,6-8H2,1-5H3. The summed E-state index contributed by atoms with van der Waals surface area (Å²) in [4.78, 5) is 13.8. The van der Waals surface area contributed by atoms with Crippen molar-refractivity contribution in [2.45, 2.75) is 40.5 Å². The van der Waals surface area contributed by atoms with Crippen LogP contribution in [0.2, 0.25) is 0 Å². The van der Waals surface area contributed by atoms with E-state index in [0.29, 0.717) is 25.3 Å². The third-order valence-electron chi connectivity index (χ3n) is 2.82. The maximum atomic E-state index is 12.1. The van der Waals surface area contributed by atoms with Crippen molar-refractivity contribution in [3.05, 3.63) is 0 Å². The van der Waals surface area contributed by atoms with E-state index in [9.17, 15) is 4.79 Å². The summed E-state index contributed by atoms with van der Waals surface area (Å²) in [6.45, 7) is 8.63. The van der Waals surface area contributed by atoms with E-state index in [4.69, 9.17) is 5.26 Å². The molecule has 86 valence electrons. The lowest BCUT2D eigenvalue weighted by Gasteiger charge is -2.29. The smallest absolute Gasteiger partial charge is 0.242 e. The van der Waals surface area contributed by atoms with Gasteiger partial charge in [-0.05, 0) is 18.8 Å². The Labute approximate surface area is 93.1 Å². The molecule has 0 bridgehead atoms. The Morgan fingerprint density at radius 1 is 1.40 bits per heavy atom. The summed E-state index contributed by atoms with van der Waals surface area (Å²) >= 11 is 0. The molecule has 0 aliphatic carbocycles. The van der Waals surface area contributed by atoms with E-state index in [-0.39, 0.29) is 5.91 Å². The van der Waals surface area contributed by atoms with Gasteiger partial charge in [0.1, 0.15) is 5.41 Å². The van der Waals surface area contributed by atoms with Gasteiger partial charge in [-0.25, -0.2) is 0 Å². The van der Waals surface area contributed by atoms with Crippen LogP contribution in [-0.4, -0.2) is 24.4 Å². The molecule has 3 nitrogen and oxygen atoms in total. The van der Waals surface area contributed by atoms with Gasteiger partial charge < -0.3 is 4.90 Å². The molecule has 15 heavy (non-hydrogen) atoms. The highest BCUT2D eigenvalue weighted by Crippen LogP contribution is 2.27. The topological polar surface area (TPSA) is 44.1 Å². The van der Waals surface area contributed by atoms with Gasteiger partial charge in [0, 0.05) is 13.6 Å². The molecule has 0 aliphatic rings. The monoisotopic (exact) mass is 210 g/mol. The van der Waals surface area contributed by atoms with Crippen LogP contribution < -0.4 is 0 Å². The first-order valence-corrected chi connectivity index (χ1v) is 5.60. The van der Waals surface area contributed by atoms with Gasteiger partial charge in [0.15, 0.2) is 0 Å². The first-order chi connectivity index (χ1) is 6.93. The van der Waals surface area contributed by atoms with Crippen LogP contribution in [0.5, 0.6) is 0 Å². The summed E-state index contributed by atoms with van der Waals surface area (Å²) in [6, 6.07) is 2.18. The van der Waals surface area contributed by atoms with Crippen LogP contribution in [0.1, 0.15) is 40.5 Å². The molecule has 0 N–H and O–H groups in total. The second-order valence-electron chi connectivity index (χ2n) is 4.48. The predicted molar refractivity (Wildman–Crippen MR) is 61.1 cm³/mol. The van der Waals surface area contributed by atoms with Crippen LogP contribution in [0.3, 0.4) is 0 Å². The Morgan fingerprint density at radius 2 is 1.87 bits per heavy atom. The normalized spacial score (nSPS) is 11.3. The van der Waals surface area contributed by atoms with Gasteiger partial charge in [0.05, 0.1) is 6.07 Å². The van der Waals surface area contributed by atoms with Gasteiger partial charge in [0.2, 0.25) is 5.91 Å². The van der Waals surface area contributed by atoms with Crippen molar-refractivity contribution < 1.29 is 4.79 Å². The SMILES string of the molecule is CCC(C#N)(CC)C(=O)N(C)CC(C)C. The first kappa shape index (κ1) is 14.0. The zero-order chi connectivity index (χ0) is 12.1. The van der Waals surface area contributed by atoms with Gasteiger partial charge in [0.25, 0.3) is 0 Å². The van der Waals surface area contributed by atoms with E-state index < -0.39 is 5.41 Å². The van der Waals surface area contributed by atoms with Gasteiger partial charge >= 0.3 is 0 Å². The van der Waals surface area contributed by atoms with E-state index in [2.05, 4.69) is 19.9 Å². The fourth-order valence-corrected chi connectivity index (χ4v) is 1.75. The number of carbonyl (C=O) groups excluding carboxylic acids is 1. The van der Waals surface area contributed by atoms with E-state index in [0.717, 1.165) is 0 Å². The van der Waals surface area contributed by atoms with E-state index in [1.54, 1.807) is 11.9 Å². The van der Waals surface area contributed by atoms with Gasteiger partial charge in [-0.3, -0.25) is 4.79 Å². The van der Waals surface area contributed by atoms with Crippen LogP contribution in [0, 0.1) is 22.7 Å². The molecule has 0 spiro atoms. The highest BCUT2D eigenvalue weighted by atomic mass is 16.2. The average Bonchev–Trinajstić information content (AvgIpc) is 2.20. The highest BCUT2D eigenvalue weighted by Gasteiger charge is 2.37. The minimum atomic E-state index is -0.816. The summed E-state index contributed by atoms with van der Waals surface area (Å²) < 4.78 is 0. The molecule has 0 aliphatic heterocycles.